The van der Waals surface area contributed by atoms with Gasteiger partial charge in [0.25, 0.3) is 0 Å². The van der Waals surface area contributed by atoms with Gasteiger partial charge in [-0.15, -0.1) is 0 Å². The molecule has 0 aromatic rings. The first-order valence-corrected chi connectivity index (χ1v) is 13.3. The van der Waals surface area contributed by atoms with E-state index in [1.165, 1.54) is 0 Å². The van der Waals surface area contributed by atoms with Crippen LogP contribution in [0.5, 0.6) is 0 Å². The Hall–Kier alpha value is -2.44. The lowest BCUT2D eigenvalue weighted by molar-refractivity contribution is -0.192. The van der Waals surface area contributed by atoms with E-state index in [0.717, 1.165) is 12.0 Å². The highest BCUT2D eigenvalue weighted by Gasteiger charge is 2.74. The molecule has 2 bridgehead atoms. The molecule has 6 nitrogen and oxygen atoms in total. The van der Waals surface area contributed by atoms with Crippen LogP contribution in [-0.2, 0) is 19.1 Å². The van der Waals surface area contributed by atoms with Gasteiger partial charge in [-0.3, -0.25) is 0 Å². The molecule has 2 saturated carbocycles. The molecule has 2 fully saturated rings. The first-order valence-electron chi connectivity index (χ1n) is 13.3. The zero-order valence-corrected chi connectivity index (χ0v) is 23.4. The highest BCUT2D eigenvalue weighted by molar-refractivity contribution is 5.88. The number of allylic oxidation sites excluding steroid dienone is 3. The second-order valence-corrected chi connectivity index (χ2v) is 12.2. The highest BCUT2D eigenvalue weighted by atomic mass is 16.6. The molecule has 2 N–H and O–H groups in total. The van der Waals surface area contributed by atoms with Crippen LogP contribution >= 0.6 is 0 Å². The minimum Gasteiger partial charge on any atom is -0.458 e. The minimum atomic E-state index is -1.90. The van der Waals surface area contributed by atoms with Crippen molar-refractivity contribution in [3.05, 3.63) is 58.7 Å². The van der Waals surface area contributed by atoms with Gasteiger partial charge in [0.15, 0.2) is 6.10 Å². The fraction of sp³-hybridized carbons (Fsp3) is 0.613. The van der Waals surface area contributed by atoms with Gasteiger partial charge >= 0.3 is 11.9 Å². The number of hydrogen-bond donors (Lipinski definition) is 2. The molecule has 0 amide bonds. The van der Waals surface area contributed by atoms with Crippen molar-refractivity contribution in [2.24, 2.45) is 34.5 Å². The summed E-state index contributed by atoms with van der Waals surface area (Å²) in [4.78, 5) is 25.4. The van der Waals surface area contributed by atoms with Gasteiger partial charge in [0.2, 0.25) is 0 Å². The molecular weight excluding hydrogens is 468 g/mol. The van der Waals surface area contributed by atoms with Crippen LogP contribution in [0.2, 0.25) is 0 Å². The Labute approximate surface area is 220 Å². The van der Waals surface area contributed by atoms with Crippen LogP contribution in [0.3, 0.4) is 0 Å². The molecule has 0 aliphatic heterocycles. The van der Waals surface area contributed by atoms with Crippen molar-refractivity contribution in [1.82, 2.24) is 0 Å². The standard InChI is InChI=1S/C31H42O6/c1-10-16(3)27(33)36-15-21-13-22-20(7)30(19(6)12-23-24(22)29(23,8)9)14-18(5)26(31(30,35)25(21)32)37-28(34)17(4)11-2/h10-11,13-14,19,22-26,32,35H,7,12,15H2,1-6,8-9H3/b16-10-,17-11-/t19?,22-,23-,24+,25-,26+,30?,31+/m1/s1. The molecule has 37 heavy (non-hydrogen) atoms. The van der Waals surface area contributed by atoms with Crippen molar-refractivity contribution in [2.75, 3.05) is 6.61 Å². The van der Waals surface area contributed by atoms with E-state index in [-0.39, 0.29) is 23.9 Å². The van der Waals surface area contributed by atoms with E-state index in [9.17, 15) is 19.8 Å². The number of carbonyl (C=O) groups is 2. The Morgan fingerprint density at radius 1 is 1.16 bits per heavy atom. The monoisotopic (exact) mass is 510 g/mol. The third-order valence-corrected chi connectivity index (χ3v) is 10.0. The molecule has 2 unspecified atom stereocenters. The van der Waals surface area contributed by atoms with Gasteiger partial charge in [-0.2, -0.15) is 0 Å². The maximum absolute atomic E-state index is 12.9. The normalized spacial score (nSPS) is 40.4. The molecule has 1 spiro atoms. The molecule has 0 aromatic carbocycles. The van der Waals surface area contributed by atoms with Crippen LogP contribution in [0, 0.1) is 34.5 Å². The molecule has 0 saturated heterocycles. The van der Waals surface area contributed by atoms with E-state index in [4.69, 9.17) is 9.47 Å². The molecule has 0 heterocycles. The summed E-state index contributed by atoms with van der Waals surface area (Å²) in [5.41, 5.74) is -0.0293. The lowest BCUT2D eigenvalue weighted by atomic mass is 9.57. The zero-order chi connectivity index (χ0) is 27.7. The summed E-state index contributed by atoms with van der Waals surface area (Å²) >= 11 is 0. The summed E-state index contributed by atoms with van der Waals surface area (Å²) in [6, 6.07) is 0. The van der Waals surface area contributed by atoms with Crippen LogP contribution in [0.1, 0.15) is 61.8 Å². The van der Waals surface area contributed by atoms with Gasteiger partial charge < -0.3 is 19.7 Å². The van der Waals surface area contributed by atoms with Crippen LogP contribution in [0.25, 0.3) is 0 Å². The second-order valence-electron chi connectivity index (χ2n) is 12.2. The highest BCUT2D eigenvalue weighted by Crippen LogP contribution is 2.74. The van der Waals surface area contributed by atoms with Gasteiger partial charge in [-0.05, 0) is 75.4 Å². The number of ether oxygens (including phenoxy) is 2. The molecule has 4 aliphatic rings. The molecule has 202 valence electrons. The topological polar surface area (TPSA) is 93.1 Å². The van der Waals surface area contributed by atoms with Gasteiger partial charge in [0.1, 0.15) is 18.3 Å². The van der Waals surface area contributed by atoms with E-state index < -0.39 is 35.2 Å². The van der Waals surface area contributed by atoms with Crippen LogP contribution in [0.4, 0.5) is 0 Å². The van der Waals surface area contributed by atoms with Crippen LogP contribution < -0.4 is 0 Å². The second kappa shape index (κ2) is 9.09. The fourth-order valence-corrected chi connectivity index (χ4v) is 7.51. The van der Waals surface area contributed by atoms with Crippen molar-refractivity contribution in [2.45, 2.75) is 79.6 Å². The Balaban J connectivity index is 1.86. The van der Waals surface area contributed by atoms with E-state index in [1.807, 2.05) is 19.1 Å². The van der Waals surface area contributed by atoms with Crippen molar-refractivity contribution >= 4 is 11.9 Å². The van der Waals surface area contributed by atoms with E-state index in [0.29, 0.717) is 34.1 Å². The van der Waals surface area contributed by atoms with Gasteiger partial charge in [-0.25, -0.2) is 9.59 Å². The van der Waals surface area contributed by atoms with Crippen molar-refractivity contribution in [3.8, 4) is 0 Å². The van der Waals surface area contributed by atoms with Crippen molar-refractivity contribution in [1.29, 1.82) is 0 Å². The summed E-state index contributed by atoms with van der Waals surface area (Å²) in [7, 11) is 0. The van der Waals surface area contributed by atoms with E-state index >= 15 is 0 Å². The Morgan fingerprint density at radius 2 is 1.76 bits per heavy atom. The summed E-state index contributed by atoms with van der Waals surface area (Å²) < 4.78 is 11.5. The Morgan fingerprint density at radius 3 is 2.35 bits per heavy atom. The quantitative estimate of drug-likeness (QED) is 0.312. The van der Waals surface area contributed by atoms with Crippen LogP contribution in [-0.4, -0.2) is 46.6 Å². The Kier molecular flexibility index (Phi) is 6.78. The third-order valence-electron chi connectivity index (χ3n) is 10.0. The number of aliphatic hydroxyl groups excluding tert-OH is 1. The zero-order valence-electron chi connectivity index (χ0n) is 23.4. The van der Waals surface area contributed by atoms with Crippen molar-refractivity contribution in [3.63, 3.8) is 0 Å². The van der Waals surface area contributed by atoms with Gasteiger partial charge in [-0.1, -0.05) is 57.2 Å². The maximum atomic E-state index is 12.9. The minimum absolute atomic E-state index is 0.0686. The first-order chi connectivity index (χ1) is 17.2. The largest absolute Gasteiger partial charge is 0.458 e. The maximum Gasteiger partial charge on any atom is 0.334 e. The van der Waals surface area contributed by atoms with E-state index in [2.05, 4.69) is 27.4 Å². The van der Waals surface area contributed by atoms with Crippen molar-refractivity contribution < 1.29 is 29.3 Å². The number of esters is 2. The number of carbonyl (C=O) groups excluding carboxylic acids is 2. The SMILES string of the molecule is C=C1[C@H]2C=C(COC(=O)/C(C)=C\C)[C@@H](O)[C@]3(O)[C@@H](OC(=O)/C(C)=C\C)C(C)=CC13C(C)C[C@@H]1[C@H]2C1(C)C. The van der Waals surface area contributed by atoms with Crippen LogP contribution in [0.15, 0.2) is 58.7 Å². The van der Waals surface area contributed by atoms with Gasteiger partial charge in [0.05, 0.1) is 0 Å². The third kappa shape index (κ3) is 3.74. The number of hydrogen-bond acceptors (Lipinski definition) is 6. The lowest BCUT2D eigenvalue weighted by Gasteiger charge is -2.51. The Bertz CT molecular complexity index is 1150. The average molecular weight is 511 g/mol. The lowest BCUT2D eigenvalue weighted by Crippen LogP contribution is -2.63. The van der Waals surface area contributed by atoms with Gasteiger partial charge in [0, 0.05) is 22.5 Å². The summed E-state index contributed by atoms with van der Waals surface area (Å²) in [5.74, 6) is -0.503. The summed E-state index contributed by atoms with van der Waals surface area (Å²) in [5, 5.41) is 24.7. The molecule has 0 aromatic heterocycles. The summed E-state index contributed by atoms with van der Waals surface area (Å²) in [6.07, 6.45) is 5.63. The predicted octanol–water partition coefficient (Wildman–Crippen LogP) is 4.84. The molecule has 4 rings (SSSR count). The molecule has 4 aliphatic carbocycles. The molecular formula is C31H42O6. The number of aliphatic hydroxyl groups is 2. The first kappa shape index (κ1) is 27.6. The number of fused-ring (bicyclic) bond motifs is 3. The fourth-order valence-electron chi connectivity index (χ4n) is 7.51. The average Bonchev–Trinajstić information content (AvgIpc) is 3.35. The summed E-state index contributed by atoms with van der Waals surface area (Å²) in [6.45, 7) is 19.7. The predicted molar refractivity (Wildman–Crippen MR) is 142 cm³/mol. The molecule has 6 heteroatoms. The number of rotatable bonds is 5. The smallest absolute Gasteiger partial charge is 0.334 e. The molecule has 0 radical (unpaired) electrons. The molecule has 8 atom stereocenters. The van der Waals surface area contributed by atoms with E-state index in [1.54, 1.807) is 39.8 Å².